The maximum Gasteiger partial charge on any atom is 0.335 e. The normalized spacial score (nSPS) is 41.5. The lowest BCUT2D eigenvalue weighted by atomic mass is 9.66. The van der Waals surface area contributed by atoms with Crippen LogP contribution in [0.15, 0.2) is 16.6 Å². The van der Waals surface area contributed by atoms with Crippen molar-refractivity contribution in [2.24, 2.45) is 40.3 Å². The molecule has 0 aromatic heterocycles. The number of hydrogen-bond acceptors (Lipinski definition) is 14. The van der Waals surface area contributed by atoms with Gasteiger partial charge in [0.25, 0.3) is 0 Å². The van der Waals surface area contributed by atoms with Crippen molar-refractivity contribution in [3.05, 3.63) is 18.2 Å². The first-order chi connectivity index (χ1) is 24.3. The number of hydrogen-bond donors (Lipinski definition) is 10. The van der Waals surface area contributed by atoms with Gasteiger partial charge in [-0.3, -0.25) is 10.1 Å². The number of nitrogens with one attached hydrogen (secondary N) is 2. The Kier molecular flexibility index (Phi) is 13.5. The number of amides is 1. The van der Waals surface area contributed by atoms with Gasteiger partial charge in [-0.15, -0.1) is 4.99 Å². The molecule has 0 spiro atoms. The number of ether oxygens (including phenoxy) is 3. The second kappa shape index (κ2) is 17.3. The minimum atomic E-state index is -2.72. The molecule has 2 saturated heterocycles. The summed E-state index contributed by atoms with van der Waals surface area (Å²) < 4.78 is 18.0. The molecule has 16 nitrogen and oxygen atoms in total. The number of nitrogens with two attached hydrogens (primary N) is 1. The van der Waals surface area contributed by atoms with Crippen LogP contribution in [0.1, 0.15) is 64.7 Å². The Labute approximate surface area is 298 Å². The van der Waals surface area contributed by atoms with Crippen LogP contribution >= 0.6 is 0 Å². The summed E-state index contributed by atoms with van der Waals surface area (Å²) in [6, 6.07) is 0. The van der Waals surface area contributed by atoms with Crippen LogP contribution in [-0.4, -0.2) is 141 Å². The molecule has 11 N–H and O–H groups in total. The molecule has 0 aromatic rings. The summed E-state index contributed by atoms with van der Waals surface area (Å²) in [5, 5.41) is 82.8. The van der Waals surface area contributed by atoms with Crippen LogP contribution in [0, 0.1) is 36.1 Å². The lowest BCUT2D eigenvalue weighted by molar-refractivity contribution is -0.367. The first kappa shape index (κ1) is 40.0. The molecule has 14 atom stereocenters. The van der Waals surface area contributed by atoms with E-state index >= 15 is 0 Å². The standard InChI is InChI=1S/C35H56N4O12/c1-17(9-11-37-2)20(13-18-10-12-38-15-18)16-39-33(47)35(48)30(43)27(42)29(32(45)46)51-34(35)49-22-7-8-23-24(14-22)50-28(31(36)44)25(26(23)41)19-3-5-21(40)6-4-19/h10,12,15,17,19-30,33-34,37,39-43,47-48H,3-9,11,13-14,16H2,1-2H3,(H2-,36,44,45,46)/p+1/t17-,19?,20-,21?,22?,23?,24?,25?,26?,27+,28?,29-,30-,33+,34+,35+/m0/s1. The fourth-order valence-corrected chi connectivity index (χ4v) is 8.76. The van der Waals surface area contributed by atoms with Gasteiger partial charge in [0.1, 0.15) is 36.7 Å². The molecule has 5 rings (SSSR count). The van der Waals surface area contributed by atoms with Gasteiger partial charge < -0.3 is 61.0 Å². The van der Waals surface area contributed by atoms with Gasteiger partial charge in [-0.05, 0) is 76.3 Å². The molecule has 0 bridgehead atoms. The Hall–Kier alpha value is -2.22. The molecule has 1 amide bonds. The number of carbonyl (C=O) groups is 2. The monoisotopic (exact) mass is 725 g/mol. The van der Waals surface area contributed by atoms with E-state index < -0.39 is 84.7 Å². The number of allylic oxidation sites excluding steroid dienone is 1. The molecular weight excluding hydrogens is 668 g/mol. The summed E-state index contributed by atoms with van der Waals surface area (Å²) in [4.78, 5) is 28.8. The summed E-state index contributed by atoms with van der Waals surface area (Å²) in [7, 11) is 1.85. The number of primary amides is 1. The van der Waals surface area contributed by atoms with Gasteiger partial charge in [-0.25, -0.2) is 4.79 Å². The molecule has 2 aliphatic carbocycles. The Bertz CT molecular complexity index is 1250. The predicted molar refractivity (Wildman–Crippen MR) is 181 cm³/mol. The van der Waals surface area contributed by atoms with Crippen molar-refractivity contribution < 1.29 is 59.5 Å². The second-order valence-corrected chi connectivity index (χ2v) is 15.2. The number of aliphatic imine (C=N–C) groups is 1. The van der Waals surface area contributed by atoms with E-state index in [2.05, 4.69) is 22.5 Å². The van der Waals surface area contributed by atoms with Crippen molar-refractivity contribution in [1.29, 1.82) is 0 Å². The number of fused-ring (bicyclic) bond motifs is 1. The van der Waals surface area contributed by atoms with Crippen molar-refractivity contribution in [2.45, 2.75) is 132 Å². The smallest absolute Gasteiger partial charge is 0.335 e. The fraction of sp³-hybridized carbons (Fsp3) is 0.829. The van der Waals surface area contributed by atoms with E-state index in [0.29, 0.717) is 44.9 Å². The molecule has 288 valence electrons. The molecule has 0 radical (unpaired) electrons. The topological polar surface area (TPSA) is 266 Å². The molecule has 4 fully saturated rings. The number of rotatable bonds is 15. The van der Waals surface area contributed by atoms with Gasteiger partial charge in [0.2, 0.25) is 5.91 Å². The zero-order valence-corrected chi connectivity index (χ0v) is 29.4. The van der Waals surface area contributed by atoms with Crippen molar-refractivity contribution in [3.8, 4) is 0 Å². The van der Waals surface area contributed by atoms with E-state index in [1.54, 1.807) is 12.8 Å². The molecule has 3 heterocycles. The number of nitrogens with zero attached hydrogens (tertiary/aromatic N) is 1. The molecule has 16 heteroatoms. The van der Waals surface area contributed by atoms with Gasteiger partial charge >= 0.3 is 5.97 Å². The van der Waals surface area contributed by atoms with E-state index in [1.165, 1.54) is 0 Å². The highest BCUT2D eigenvalue weighted by molar-refractivity contribution is 5.82. The third-order valence-electron chi connectivity index (χ3n) is 12.0. The van der Waals surface area contributed by atoms with E-state index in [-0.39, 0.29) is 36.6 Å². The largest absolute Gasteiger partial charge is 0.479 e. The number of aliphatic hydroxyl groups is 6. The lowest BCUT2D eigenvalue weighted by Gasteiger charge is -2.52. The maximum atomic E-state index is 12.6. The molecule has 6 unspecified atom stereocenters. The first-order valence-corrected chi connectivity index (χ1v) is 18.3. The summed E-state index contributed by atoms with van der Waals surface area (Å²) in [6.07, 6.45) is -5.72. The van der Waals surface area contributed by atoms with Gasteiger partial charge in [-0.2, -0.15) is 0 Å². The summed E-state index contributed by atoms with van der Waals surface area (Å²) in [6.45, 7) is 4.68. The Morgan fingerprint density at radius 1 is 1.10 bits per heavy atom. The average Bonchev–Trinajstić information content (AvgIpc) is 3.62. The minimum absolute atomic E-state index is 0.0515. The van der Waals surface area contributed by atoms with Crippen LogP contribution in [0.3, 0.4) is 0 Å². The molecule has 51 heavy (non-hydrogen) atoms. The molecule has 5 aliphatic rings. The molecule has 3 aliphatic heterocycles. The lowest BCUT2D eigenvalue weighted by Crippen LogP contribution is -2.75. The van der Waals surface area contributed by atoms with Gasteiger partial charge in [0.15, 0.2) is 24.2 Å². The quantitative estimate of drug-likeness (QED) is 0.0684. The summed E-state index contributed by atoms with van der Waals surface area (Å²) in [5.74, 6) is -3.16. The van der Waals surface area contributed by atoms with Crippen molar-refractivity contribution in [3.63, 3.8) is 0 Å². The molecule has 2 saturated carbocycles. The van der Waals surface area contributed by atoms with Crippen LogP contribution in [0.25, 0.3) is 0 Å². The Balaban J connectivity index is 1.31. The maximum absolute atomic E-state index is 12.6. The van der Waals surface area contributed by atoms with E-state index in [4.69, 9.17) is 19.9 Å². The van der Waals surface area contributed by atoms with Crippen LogP contribution in [0.2, 0.25) is 0 Å². The minimum Gasteiger partial charge on any atom is -0.479 e. The zero-order valence-electron chi connectivity index (χ0n) is 29.4. The van der Waals surface area contributed by atoms with E-state index in [1.807, 2.05) is 13.1 Å². The number of carbonyl (C=O) groups excluding carboxylic acids is 1. The van der Waals surface area contributed by atoms with Gasteiger partial charge in [0.05, 0.1) is 30.5 Å². The van der Waals surface area contributed by atoms with Crippen molar-refractivity contribution >= 4 is 18.1 Å². The highest BCUT2D eigenvalue weighted by Gasteiger charge is 2.62. The van der Waals surface area contributed by atoms with Gasteiger partial charge in [0, 0.05) is 31.2 Å². The predicted octanol–water partition coefficient (Wildman–Crippen LogP) is -1.45. The van der Waals surface area contributed by atoms with Crippen molar-refractivity contribution in [2.75, 3.05) is 20.1 Å². The Morgan fingerprint density at radius 3 is 2.45 bits per heavy atom. The summed E-state index contributed by atoms with van der Waals surface area (Å²) >= 11 is 0. The van der Waals surface area contributed by atoms with E-state index in [0.717, 1.165) is 18.5 Å². The zero-order chi connectivity index (χ0) is 37.0. The molecule has 0 aromatic carbocycles. The van der Waals surface area contributed by atoms with Crippen LogP contribution in [0.4, 0.5) is 0 Å². The number of carboxylic acid groups (broad SMARTS) is 1. The average molecular weight is 726 g/mol. The third kappa shape index (κ3) is 8.78. The number of aliphatic carboxylic acids is 1. The second-order valence-electron chi connectivity index (χ2n) is 15.2. The SMILES string of the molecule is CNCC[C@H](C)[C@H](CN[C@H](O)[C@@]1(O)[C@H](OC2CCC3C(C2)OC(C(N)=O)C(C2CCC(O)CC2)C3O)O[C@H](C(=O)O)[C@@H](O)[C@@H]1O)CC1=C[CH+]N=C1. The van der Waals surface area contributed by atoms with Crippen LogP contribution < -0.4 is 16.4 Å². The Morgan fingerprint density at radius 2 is 1.82 bits per heavy atom. The highest BCUT2D eigenvalue weighted by atomic mass is 16.7. The van der Waals surface area contributed by atoms with Gasteiger partial charge in [-0.1, -0.05) is 6.92 Å². The van der Waals surface area contributed by atoms with Crippen molar-refractivity contribution in [1.82, 2.24) is 10.6 Å². The third-order valence-corrected chi connectivity index (χ3v) is 12.0. The summed E-state index contributed by atoms with van der Waals surface area (Å²) in [5.41, 5.74) is 4.04. The van der Waals surface area contributed by atoms with Crippen LogP contribution in [-0.2, 0) is 23.8 Å². The van der Waals surface area contributed by atoms with Crippen LogP contribution in [0.5, 0.6) is 0 Å². The first-order valence-electron chi connectivity index (χ1n) is 18.3. The highest BCUT2D eigenvalue weighted by Crippen LogP contribution is 2.46. The number of carboxylic acids is 1. The molecular formula is C35H57N4O12+. The van der Waals surface area contributed by atoms with E-state index in [9.17, 15) is 45.3 Å². The number of aliphatic hydroxyl groups excluding tert-OH is 5. The fourth-order valence-electron chi connectivity index (χ4n) is 8.76.